The maximum atomic E-state index is 12.6. The van der Waals surface area contributed by atoms with Gasteiger partial charge in [0.1, 0.15) is 11.3 Å². The number of amides is 2. The molecule has 0 aliphatic heterocycles. The van der Waals surface area contributed by atoms with Crippen LogP contribution in [0.5, 0.6) is 11.6 Å². The normalized spacial score (nSPS) is 10.8. The average molecular weight is 383 g/mol. The number of alkyl halides is 3. The third kappa shape index (κ3) is 5.87. The van der Waals surface area contributed by atoms with Crippen LogP contribution < -0.4 is 20.3 Å². The molecule has 0 aliphatic carbocycles. The van der Waals surface area contributed by atoms with E-state index < -0.39 is 30.2 Å². The summed E-state index contributed by atoms with van der Waals surface area (Å²) in [4.78, 5) is 27.7. The van der Waals surface area contributed by atoms with Gasteiger partial charge in [-0.2, -0.15) is 13.2 Å². The topological polar surface area (TPSA) is 89.5 Å². The molecular weight excluding hydrogens is 367 g/mol. The molecule has 10 heteroatoms. The maximum absolute atomic E-state index is 12.6. The van der Waals surface area contributed by atoms with Crippen LogP contribution in [0, 0.1) is 0 Å². The molecule has 2 amide bonds. The molecule has 0 spiro atoms. The molecule has 1 aromatic carbocycles. The summed E-state index contributed by atoms with van der Waals surface area (Å²) in [6.07, 6.45) is -3.07. The van der Waals surface area contributed by atoms with Crippen LogP contribution in [-0.2, 0) is 11.0 Å². The summed E-state index contributed by atoms with van der Waals surface area (Å²) in [6, 6.07) is 7.09. The summed E-state index contributed by atoms with van der Waals surface area (Å²) in [5.74, 6) is -1.45. The fourth-order valence-electron chi connectivity index (χ4n) is 1.96. The first-order valence-electron chi connectivity index (χ1n) is 7.78. The lowest BCUT2D eigenvalue weighted by atomic mass is 10.2. The number of aromatic nitrogens is 1. The van der Waals surface area contributed by atoms with E-state index in [9.17, 15) is 22.8 Å². The van der Waals surface area contributed by atoms with E-state index in [2.05, 4.69) is 15.8 Å². The Morgan fingerprint density at radius 3 is 2.59 bits per heavy atom. The van der Waals surface area contributed by atoms with Gasteiger partial charge in [-0.05, 0) is 37.3 Å². The van der Waals surface area contributed by atoms with Crippen molar-refractivity contribution in [1.82, 2.24) is 15.8 Å². The molecule has 1 aromatic heterocycles. The molecule has 0 unspecified atom stereocenters. The molecule has 0 fully saturated rings. The Morgan fingerprint density at radius 1 is 1.11 bits per heavy atom. The standard InChI is InChI=1S/C17H16F3N3O4/c1-2-26-16-13(7-4-8-21-16)15(25)23-22-14(24)10-27-12-6-3-5-11(9-12)17(18,19)20/h3-9H,2,10H2,1H3,(H,22,24)(H,23,25). The minimum Gasteiger partial charge on any atom is -0.484 e. The third-order valence-electron chi connectivity index (χ3n) is 3.14. The highest BCUT2D eigenvalue weighted by Gasteiger charge is 2.30. The predicted molar refractivity (Wildman–Crippen MR) is 88.0 cm³/mol. The maximum Gasteiger partial charge on any atom is 0.416 e. The monoisotopic (exact) mass is 383 g/mol. The molecule has 0 aliphatic rings. The number of nitrogens with one attached hydrogen (secondary N) is 2. The number of ether oxygens (including phenoxy) is 2. The number of carbonyl (C=O) groups excluding carboxylic acids is 2. The number of carbonyl (C=O) groups is 2. The van der Waals surface area contributed by atoms with E-state index in [0.29, 0.717) is 6.61 Å². The number of nitrogens with zero attached hydrogens (tertiary/aromatic N) is 1. The van der Waals surface area contributed by atoms with Gasteiger partial charge in [0.05, 0.1) is 12.2 Å². The SMILES string of the molecule is CCOc1ncccc1C(=O)NNC(=O)COc1cccc(C(F)(F)F)c1. The molecule has 1 heterocycles. The highest BCUT2D eigenvalue weighted by molar-refractivity contribution is 5.97. The summed E-state index contributed by atoms with van der Waals surface area (Å²) >= 11 is 0. The number of rotatable bonds is 6. The van der Waals surface area contributed by atoms with Crippen molar-refractivity contribution in [2.45, 2.75) is 13.1 Å². The van der Waals surface area contributed by atoms with Crippen molar-refractivity contribution in [3.05, 3.63) is 53.7 Å². The first-order chi connectivity index (χ1) is 12.8. The highest BCUT2D eigenvalue weighted by atomic mass is 19.4. The van der Waals surface area contributed by atoms with E-state index in [1.807, 2.05) is 0 Å². The van der Waals surface area contributed by atoms with Gasteiger partial charge in [0.2, 0.25) is 5.88 Å². The Kier molecular flexibility index (Phi) is 6.58. The molecule has 2 N–H and O–H groups in total. The Balaban J connectivity index is 1.87. The Hall–Kier alpha value is -3.30. The second-order valence-electron chi connectivity index (χ2n) is 5.11. The zero-order chi connectivity index (χ0) is 19.9. The van der Waals surface area contributed by atoms with Crippen LogP contribution in [0.3, 0.4) is 0 Å². The fourth-order valence-corrected chi connectivity index (χ4v) is 1.96. The van der Waals surface area contributed by atoms with E-state index in [0.717, 1.165) is 18.2 Å². The summed E-state index contributed by atoms with van der Waals surface area (Å²) < 4.78 is 48.1. The van der Waals surface area contributed by atoms with Crippen molar-refractivity contribution < 1.29 is 32.2 Å². The molecule has 7 nitrogen and oxygen atoms in total. The number of benzene rings is 1. The minimum atomic E-state index is -4.52. The fraction of sp³-hybridized carbons (Fsp3) is 0.235. The van der Waals surface area contributed by atoms with Crippen LogP contribution >= 0.6 is 0 Å². The van der Waals surface area contributed by atoms with E-state index in [1.54, 1.807) is 6.92 Å². The summed E-state index contributed by atoms with van der Waals surface area (Å²) in [5, 5.41) is 0. The number of hydrogen-bond donors (Lipinski definition) is 2. The lowest BCUT2D eigenvalue weighted by Crippen LogP contribution is -2.44. The van der Waals surface area contributed by atoms with Crippen molar-refractivity contribution in [3.8, 4) is 11.6 Å². The molecule has 144 valence electrons. The van der Waals surface area contributed by atoms with Crippen LogP contribution in [0.1, 0.15) is 22.8 Å². The highest BCUT2D eigenvalue weighted by Crippen LogP contribution is 2.31. The first kappa shape index (κ1) is 20.0. The van der Waals surface area contributed by atoms with E-state index in [-0.39, 0.29) is 17.2 Å². The van der Waals surface area contributed by atoms with E-state index in [1.165, 1.54) is 24.4 Å². The van der Waals surface area contributed by atoms with Crippen molar-refractivity contribution in [1.29, 1.82) is 0 Å². The zero-order valence-electron chi connectivity index (χ0n) is 14.2. The van der Waals surface area contributed by atoms with Gasteiger partial charge >= 0.3 is 6.18 Å². The molecule has 27 heavy (non-hydrogen) atoms. The van der Waals surface area contributed by atoms with Gasteiger partial charge in [-0.25, -0.2) is 4.98 Å². The summed E-state index contributed by atoms with van der Waals surface area (Å²) in [6.45, 7) is 1.44. The molecule has 2 rings (SSSR count). The average Bonchev–Trinajstić information content (AvgIpc) is 2.64. The number of pyridine rings is 1. The van der Waals surface area contributed by atoms with Gasteiger partial charge in [0.15, 0.2) is 6.61 Å². The quantitative estimate of drug-likeness (QED) is 0.748. The van der Waals surface area contributed by atoms with Crippen LogP contribution in [0.15, 0.2) is 42.6 Å². The summed E-state index contributed by atoms with van der Waals surface area (Å²) in [7, 11) is 0. The van der Waals surface area contributed by atoms with Gasteiger partial charge in [0.25, 0.3) is 11.8 Å². The molecule has 0 radical (unpaired) electrons. The first-order valence-corrected chi connectivity index (χ1v) is 7.78. The lowest BCUT2D eigenvalue weighted by Gasteiger charge is -2.12. The van der Waals surface area contributed by atoms with E-state index in [4.69, 9.17) is 9.47 Å². The molecule has 0 saturated heterocycles. The molecule has 2 aromatic rings. The van der Waals surface area contributed by atoms with Crippen molar-refractivity contribution >= 4 is 11.8 Å². The van der Waals surface area contributed by atoms with Gasteiger partial charge in [-0.15, -0.1) is 0 Å². The largest absolute Gasteiger partial charge is 0.484 e. The molecular formula is C17H16F3N3O4. The number of halogens is 3. The Morgan fingerprint density at radius 2 is 1.89 bits per heavy atom. The Labute approximate surface area is 152 Å². The lowest BCUT2D eigenvalue weighted by molar-refractivity contribution is -0.137. The van der Waals surface area contributed by atoms with Crippen LogP contribution in [-0.4, -0.2) is 30.0 Å². The van der Waals surface area contributed by atoms with Gasteiger partial charge in [0, 0.05) is 6.20 Å². The number of hydrazine groups is 1. The molecule has 0 saturated carbocycles. The van der Waals surface area contributed by atoms with Crippen LogP contribution in [0.25, 0.3) is 0 Å². The van der Waals surface area contributed by atoms with Crippen molar-refractivity contribution in [3.63, 3.8) is 0 Å². The van der Waals surface area contributed by atoms with Gasteiger partial charge < -0.3 is 9.47 Å². The Bertz CT molecular complexity index is 812. The second kappa shape index (κ2) is 8.88. The van der Waals surface area contributed by atoms with Crippen LogP contribution in [0.2, 0.25) is 0 Å². The third-order valence-corrected chi connectivity index (χ3v) is 3.14. The number of hydrogen-bond acceptors (Lipinski definition) is 5. The zero-order valence-corrected chi connectivity index (χ0v) is 14.2. The van der Waals surface area contributed by atoms with Crippen molar-refractivity contribution in [2.24, 2.45) is 0 Å². The molecule has 0 atom stereocenters. The summed E-state index contributed by atoms with van der Waals surface area (Å²) in [5.41, 5.74) is 3.46. The minimum absolute atomic E-state index is 0.104. The van der Waals surface area contributed by atoms with Crippen molar-refractivity contribution in [2.75, 3.05) is 13.2 Å². The van der Waals surface area contributed by atoms with E-state index >= 15 is 0 Å². The van der Waals surface area contributed by atoms with Gasteiger partial charge in [-0.1, -0.05) is 6.07 Å². The predicted octanol–water partition coefficient (Wildman–Crippen LogP) is 2.34. The van der Waals surface area contributed by atoms with Gasteiger partial charge in [-0.3, -0.25) is 20.4 Å². The second-order valence-corrected chi connectivity index (χ2v) is 5.11. The molecule has 0 bridgehead atoms. The van der Waals surface area contributed by atoms with Crippen LogP contribution in [0.4, 0.5) is 13.2 Å². The smallest absolute Gasteiger partial charge is 0.416 e.